The maximum absolute atomic E-state index is 11.5. The van der Waals surface area contributed by atoms with Gasteiger partial charge in [-0.05, 0) is 56.8 Å². The molecule has 1 aliphatic rings. The van der Waals surface area contributed by atoms with Gasteiger partial charge in [0.1, 0.15) is 11.5 Å². The number of benzene rings is 1. The molecule has 1 aromatic rings. The van der Waals surface area contributed by atoms with Gasteiger partial charge in [0, 0.05) is 12.5 Å². The smallest absolute Gasteiger partial charge is 0.306 e. The molecule has 2 rings (SSSR count). The molecule has 0 spiro atoms. The molecule has 1 fully saturated rings. The van der Waals surface area contributed by atoms with Gasteiger partial charge in [-0.15, -0.1) is 0 Å². The number of hydrogen-bond donors (Lipinski definition) is 1. The molecule has 0 amide bonds. The third-order valence-corrected chi connectivity index (χ3v) is 4.11. The van der Waals surface area contributed by atoms with E-state index in [0.717, 1.165) is 49.6 Å². The van der Waals surface area contributed by atoms with Gasteiger partial charge < -0.3 is 19.5 Å². The number of piperidine rings is 1. The first-order valence-electron chi connectivity index (χ1n) is 8.39. The summed E-state index contributed by atoms with van der Waals surface area (Å²) in [6, 6.07) is 5.82. The molecule has 0 aliphatic carbocycles. The fraction of sp³-hybridized carbons (Fsp3) is 0.611. The van der Waals surface area contributed by atoms with Crippen molar-refractivity contribution in [3.05, 3.63) is 23.8 Å². The first-order chi connectivity index (χ1) is 11.2. The summed E-state index contributed by atoms with van der Waals surface area (Å²) in [5.41, 5.74) is 0.995. The lowest BCUT2D eigenvalue weighted by atomic mass is 9.99. The minimum absolute atomic E-state index is 0.180. The predicted octanol–water partition coefficient (Wildman–Crippen LogP) is 2.57. The number of carbonyl (C=O) groups excluding carboxylic acids is 1. The molecule has 1 heterocycles. The molecule has 1 saturated heterocycles. The van der Waals surface area contributed by atoms with Crippen LogP contribution in [0.4, 0.5) is 0 Å². The summed E-state index contributed by atoms with van der Waals surface area (Å²) in [6.07, 6.45) is 3.29. The van der Waals surface area contributed by atoms with Crippen molar-refractivity contribution in [2.45, 2.75) is 32.6 Å². The molecule has 5 nitrogen and oxygen atoms in total. The van der Waals surface area contributed by atoms with Crippen LogP contribution in [0.3, 0.4) is 0 Å². The lowest BCUT2D eigenvalue weighted by Gasteiger charge is -2.22. The third kappa shape index (κ3) is 5.75. The Kier molecular flexibility index (Phi) is 7.20. The number of rotatable bonds is 8. The normalized spacial score (nSPS) is 15.2. The van der Waals surface area contributed by atoms with E-state index in [4.69, 9.17) is 14.2 Å². The van der Waals surface area contributed by atoms with Crippen LogP contribution in [0.25, 0.3) is 0 Å². The number of esters is 1. The maximum atomic E-state index is 11.5. The Balaban J connectivity index is 1.88. The average Bonchev–Trinajstić information content (AvgIpc) is 2.59. The summed E-state index contributed by atoms with van der Waals surface area (Å²) < 4.78 is 16.3. The molecule has 0 bridgehead atoms. The van der Waals surface area contributed by atoms with Crippen LogP contribution in [-0.4, -0.2) is 39.4 Å². The van der Waals surface area contributed by atoms with Crippen LogP contribution in [0.2, 0.25) is 0 Å². The molecule has 5 heteroatoms. The largest absolute Gasteiger partial charge is 0.496 e. The Morgan fingerprint density at radius 3 is 2.78 bits per heavy atom. The second-order valence-corrected chi connectivity index (χ2v) is 5.78. The van der Waals surface area contributed by atoms with Crippen molar-refractivity contribution >= 4 is 5.97 Å². The van der Waals surface area contributed by atoms with E-state index in [1.165, 1.54) is 0 Å². The summed E-state index contributed by atoms with van der Waals surface area (Å²) in [4.78, 5) is 11.5. The van der Waals surface area contributed by atoms with Gasteiger partial charge in [0.25, 0.3) is 0 Å². The highest BCUT2D eigenvalue weighted by molar-refractivity contribution is 5.69. The Morgan fingerprint density at radius 1 is 1.30 bits per heavy atom. The highest BCUT2D eigenvalue weighted by Gasteiger charge is 2.14. The predicted molar refractivity (Wildman–Crippen MR) is 89.0 cm³/mol. The minimum atomic E-state index is -0.180. The Labute approximate surface area is 138 Å². The molecular weight excluding hydrogens is 294 g/mol. The van der Waals surface area contributed by atoms with E-state index in [-0.39, 0.29) is 5.97 Å². The summed E-state index contributed by atoms with van der Waals surface area (Å²) in [6.45, 7) is 5.12. The molecule has 0 saturated carbocycles. The quantitative estimate of drug-likeness (QED) is 0.746. The second kappa shape index (κ2) is 9.40. The van der Waals surface area contributed by atoms with E-state index < -0.39 is 0 Å². The van der Waals surface area contributed by atoms with Gasteiger partial charge in [-0.2, -0.15) is 0 Å². The summed E-state index contributed by atoms with van der Waals surface area (Å²) >= 11 is 0. The van der Waals surface area contributed by atoms with Crippen LogP contribution >= 0.6 is 0 Å². The number of ether oxygens (including phenoxy) is 3. The molecule has 1 N–H and O–H groups in total. The van der Waals surface area contributed by atoms with Crippen LogP contribution in [0.15, 0.2) is 18.2 Å². The highest BCUT2D eigenvalue weighted by Crippen LogP contribution is 2.26. The molecule has 23 heavy (non-hydrogen) atoms. The zero-order chi connectivity index (χ0) is 16.5. The molecule has 1 aliphatic heterocycles. The molecule has 0 unspecified atom stereocenters. The molecular formula is C18H27NO4. The molecule has 0 atom stereocenters. The number of hydrogen-bond acceptors (Lipinski definition) is 5. The lowest BCUT2D eigenvalue weighted by molar-refractivity contribution is -0.143. The van der Waals surface area contributed by atoms with Gasteiger partial charge in [-0.25, -0.2) is 0 Å². The zero-order valence-electron chi connectivity index (χ0n) is 14.1. The van der Waals surface area contributed by atoms with Crippen LogP contribution in [-0.2, 0) is 16.0 Å². The molecule has 0 aromatic heterocycles. The fourth-order valence-corrected chi connectivity index (χ4v) is 2.75. The second-order valence-electron chi connectivity index (χ2n) is 5.78. The Morgan fingerprint density at radius 2 is 2.09 bits per heavy atom. The van der Waals surface area contributed by atoms with Gasteiger partial charge in [-0.1, -0.05) is 6.07 Å². The third-order valence-electron chi connectivity index (χ3n) is 4.11. The van der Waals surface area contributed by atoms with Gasteiger partial charge >= 0.3 is 5.97 Å². The van der Waals surface area contributed by atoms with E-state index >= 15 is 0 Å². The zero-order valence-corrected chi connectivity index (χ0v) is 14.1. The Bertz CT molecular complexity index is 498. The van der Waals surface area contributed by atoms with Gasteiger partial charge in [0.2, 0.25) is 0 Å². The van der Waals surface area contributed by atoms with E-state index in [0.29, 0.717) is 25.4 Å². The number of nitrogens with one attached hydrogen (secondary N) is 1. The van der Waals surface area contributed by atoms with E-state index in [2.05, 4.69) is 5.32 Å². The van der Waals surface area contributed by atoms with E-state index in [9.17, 15) is 4.79 Å². The standard InChI is InChI=1S/C18H27NO4/c1-3-22-18(20)7-5-15-4-6-16(12-17(15)21-2)23-13-14-8-10-19-11-9-14/h4,6,12,14,19H,3,5,7-11,13H2,1-2H3. The van der Waals surface area contributed by atoms with Crippen molar-refractivity contribution in [3.8, 4) is 11.5 Å². The van der Waals surface area contributed by atoms with Crippen molar-refractivity contribution in [2.24, 2.45) is 5.92 Å². The van der Waals surface area contributed by atoms with Crippen LogP contribution in [0.5, 0.6) is 11.5 Å². The Hall–Kier alpha value is -1.75. The lowest BCUT2D eigenvalue weighted by Crippen LogP contribution is -2.30. The number of methoxy groups -OCH3 is 1. The fourth-order valence-electron chi connectivity index (χ4n) is 2.75. The monoisotopic (exact) mass is 321 g/mol. The maximum Gasteiger partial charge on any atom is 0.306 e. The van der Waals surface area contributed by atoms with Crippen molar-refractivity contribution in [1.82, 2.24) is 5.32 Å². The van der Waals surface area contributed by atoms with E-state index in [1.54, 1.807) is 7.11 Å². The first kappa shape index (κ1) is 17.6. The van der Waals surface area contributed by atoms with Crippen molar-refractivity contribution in [1.29, 1.82) is 0 Å². The van der Waals surface area contributed by atoms with Crippen molar-refractivity contribution in [2.75, 3.05) is 33.4 Å². The first-order valence-corrected chi connectivity index (χ1v) is 8.39. The van der Waals surface area contributed by atoms with Gasteiger partial charge in [0.15, 0.2) is 0 Å². The van der Waals surface area contributed by atoms with Crippen LogP contribution in [0.1, 0.15) is 31.7 Å². The summed E-state index contributed by atoms with van der Waals surface area (Å²) in [5, 5.41) is 3.36. The van der Waals surface area contributed by atoms with Crippen LogP contribution < -0.4 is 14.8 Å². The van der Waals surface area contributed by atoms with E-state index in [1.807, 2.05) is 25.1 Å². The van der Waals surface area contributed by atoms with Crippen LogP contribution in [0, 0.1) is 5.92 Å². The molecule has 0 radical (unpaired) electrons. The summed E-state index contributed by atoms with van der Waals surface area (Å²) in [5.74, 6) is 2.02. The minimum Gasteiger partial charge on any atom is -0.496 e. The summed E-state index contributed by atoms with van der Waals surface area (Å²) in [7, 11) is 1.64. The highest BCUT2D eigenvalue weighted by atomic mass is 16.5. The van der Waals surface area contributed by atoms with Gasteiger partial charge in [-0.3, -0.25) is 4.79 Å². The number of carbonyl (C=O) groups is 1. The SMILES string of the molecule is CCOC(=O)CCc1ccc(OCC2CCNCC2)cc1OC. The number of aryl methyl sites for hydroxylation is 1. The average molecular weight is 321 g/mol. The van der Waals surface area contributed by atoms with Crippen molar-refractivity contribution in [3.63, 3.8) is 0 Å². The topological polar surface area (TPSA) is 56.8 Å². The van der Waals surface area contributed by atoms with Gasteiger partial charge in [0.05, 0.1) is 20.3 Å². The molecule has 128 valence electrons. The molecule has 1 aromatic carbocycles. The van der Waals surface area contributed by atoms with Crippen molar-refractivity contribution < 1.29 is 19.0 Å².